The fraction of sp³-hybridized carbons (Fsp3) is 0.667. The average molecular weight is 504 g/mol. The van der Waals surface area contributed by atoms with Crippen LogP contribution >= 0.6 is 0 Å². The number of amides is 2. The molecule has 25 heavy (non-hydrogen) atoms. The van der Waals surface area contributed by atoms with Crippen LogP contribution in [0, 0.1) is 45.1 Å². The van der Waals surface area contributed by atoms with Crippen molar-refractivity contribution in [1.82, 2.24) is 25.5 Å². The van der Waals surface area contributed by atoms with Crippen LogP contribution in [0.15, 0.2) is 0 Å². The van der Waals surface area contributed by atoms with E-state index in [1.54, 1.807) is 0 Å². The molecule has 0 rings (SSSR count). The van der Waals surface area contributed by atoms with Gasteiger partial charge in [0, 0.05) is 39.9 Å². The standard InChI is InChI=1S/C12H22N5O7.Gd/c1-13-10(19)4-15(5-11(20)21)8-16(6-12(22)23)9-17(24)3-2-14-7-18;/h7H,2-6,8-9H2,1H3,(H,13,19)(H,14,18)(H,20,21)(H,22,23);/q-1;+3/p-2. The molecule has 0 heterocycles. The molecule has 2 N–H and O–H groups in total. The predicted octanol–water partition coefficient (Wildman–Crippen LogP) is -5.70. The third-order valence-electron chi connectivity index (χ3n) is 2.70. The van der Waals surface area contributed by atoms with Crippen molar-refractivity contribution < 1.29 is 69.3 Å². The number of carboxylic acid groups (broad SMARTS) is 2. The Morgan fingerprint density at radius 2 is 1.56 bits per heavy atom. The first-order chi connectivity index (χ1) is 11.3. The molecule has 0 saturated carbocycles. The molecule has 1 radical (unpaired) electrons. The van der Waals surface area contributed by atoms with Crippen molar-refractivity contribution >= 4 is 24.3 Å². The van der Waals surface area contributed by atoms with Crippen molar-refractivity contribution in [3.63, 3.8) is 0 Å². The van der Waals surface area contributed by atoms with Crippen LogP contribution in [-0.4, -0.2) is 92.2 Å². The zero-order valence-corrected chi connectivity index (χ0v) is 15.8. The van der Waals surface area contributed by atoms with E-state index in [2.05, 4.69) is 10.6 Å². The maximum absolute atomic E-state index is 11.7. The van der Waals surface area contributed by atoms with Gasteiger partial charge in [0.1, 0.15) is 0 Å². The summed E-state index contributed by atoms with van der Waals surface area (Å²) in [5.41, 5.74) is 0. The molecule has 2 amide bonds. The van der Waals surface area contributed by atoms with Crippen LogP contribution in [0.1, 0.15) is 0 Å². The van der Waals surface area contributed by atoms with Crippen LogP contribution in [0.2, 0.25) is 0 Å². The molecular formula is C12H20GdN5O7. The number of carbonyl (C=O) groups is 4. The number of carbonyl (C=O) groups excluding carboxylic acids is 4. The van der Waals surface area contributed by atoms with Crippen molar-refractivity contribution in [2.75, 3.05) is 53.1 Å². The van der Waals surface area contributed by atoms with Crippen molar-refractivity contribution in [2.24, 2.45) is 0 Å². The largest absolute Gasteiger partial charge is 3.00 e. The Morgan fingerprint density at radius 1 is 1.00 bits per heavy atom. The summed E-state index contributed by atoms with van der Waals surface area (Å²) in [6.45, 7) is -2.29. The first kappa shape index (κ1) is 26.3. The monoisotopic (exact) mass is 504 g/mol. The number of likely N-dealkylation sites (N-methyl/N-ethyl adjacent to an activating group) is 1. The average Bonchev–Trinajstić information content (AvgIpc) is 2.45. The molecule has 0 aliphatic carbocycles. The van der Waals surface area contributed by atoms with Crippen LogP contribution < -0.4 is 20.8 Å². The smallest absolute Gasteiger partial charge is 0.784 e. The number of rotatable bonds is 14. The Balaban J connectivity index is 0. The van der Waals surface area contributed by atoms with E-state index in [0.29, 0.717) is 11.5 Å². The topological polar surface area (TPSA) is 171 Å². The third kappa shape index (κ3) is 15.0. The molecule has 0 aromatic carbocycles. The van der Waals surface area contributed by atoms with E-state index in [1.165, 1.54) is 7.05 Å². The molecular weight excluding hydrogens is 483 g/mol. The molecule has 0 aliphatic heterocycles. The number of hydroxylamine groups is 2. The summed E-state index contributed by atoms with van der Waals surface area (Å²) in [5, 5.41) is 38.2. The number of aliphatic carboxylic acids is 2. The second-order valence-corrected chi connectivity index (χ2v) is 4.79. The van der Waals surface area contributed by atoms with Crippen LogP contribution in [0.3, 0.4) is 0 Å². The minimum atomic E-state index is -1.47. The van der Waals surface area contributed by atoms with Gasteiger partial charge in [0.25, 0.3) is 0 Å². The molecule has 0 aliphatic rings. The van der Waals surface area contributed by atoms with E-state index in [-0.39, 0.29) is 72.9 Å². The van der Waals surface area contributed by atoms with E-state index in [1.807, 2.05) is 0 Å². The number of nitrogens with one attached hydrogen (secondary N) is 2. The van der Waals surface area contributed by atoms with Gasteiger partial charge < -0.3 is 40.7 Å². The van der Waals surface area contributed by atoms with E-state index in [0.717, 1.165) is 9.80 Å². The molecule has 143 valence electrons. The maximum atomic E-state index is 11.7. The van der Waals surface area contributed by atoms with Gasteiger partial charge in [-0.25, -0.2) is 0 Å². The maximum Gasteiger partial charge on any atom is 3.00 e. The molecule has 0 aromatic heterocycles. The summed E-state index contributed by atoms with van der Waals surface area (Å²) in [6, 6.07) is 0. The second kappa shape index (κ2) is 15.3. The molecule has 0 saturated heterocycles. The number of hydrogen-bond acceptors (Lipinski definition) is 10. The molecule has 0 fully saturated rings. The van der Waals surface area contributed by atoms with Crippen LogP contribution in [0.5, 0.6) is 0 Å². The van der Waals surface area contributed by atoms with Gasteiger partial charge in [0.15, 0.2) is 0 Å². The quantitative estimate of drug-likeness (QED) is 0.101. The Morgan fingerprint density at radius 3 is 2.04 bits per heavy atom. The Kier molecular flexibility index (Phi) is 16.1. The van der Waals surface area contributed by atoms with Gasteiger partial charge in [-0.3, -0.25) is 19.4 Å². The zero-order chi connectivity index (χ0) is 18.5. The molecule has 0 bridgehead atoms. The summed E-state index contributed by atoms with van der Waals surface area (Å²) in [7, 11) is 1.36. The molecule has 0 aromatic rings. The zero-order valence-electron chi connectivity index (χ0n) is 13.6. The third-order valence-corrected chi connectivity index (χ3v) is 2.70. The van der Waals surface area contributed by atoms with E-state index < -0.39 is 30.9 Å². The summed E-state index contributed by atoms with van der Waals surface area (Å²) >= 11 is 0. The fourth-order valence-corrected chi connectivity index (χ4v) is 1.77. The van der Waals surface area contributed by atoms with Gasteiger partial charge in [0.2, 0.25) is 12.3 Å². The van der Waals surface area contributed by atoms with Crippen molar-refractivity contribution in [1.29, 1.82) is 0 Å². The molecule has 0 unspecified atom stereocenters. The molecule has 0 spiro atoms. The predicted molar refractivity (Wildman–Crippen MR) is 76.2 cm³/mol. The van der Waals surface area contributed by atoms with Crippen LogP contribution in [0.4, 0.5) is 0 Å². The molecule has 12 nitrogen and oxygen atoms in total. The number of nitrogens with zero attached hydrogens (tertiary/aromatic N) is 3. The minimum absolute atomic E-state index is 0. The van der Waals surface area contributed by atoms with Crippen molar-refractivity contribution in [3.8, 4) is 0 Å². The van der Waals surface area contributed by atoms with E-state index in [4.69, 9.17) is 0 Å². The number of hydrogen-bond donors (Lipinski definition) is 2. The fourth-order valence-electron chi connectivity index (χ4n) is 1.77. The first-order valence-corrected chi connectivity index (χ1v) is 6.92. The Labute approximate surface area is 176 Å². The van der Waals surface area contributed by atoms with Gasteiger partial charge in [-0.1, -0.05) is 0 Å². The van der Waals surface area contributed by atoms with Crippen LogP contribution in [-0.2, 0) is 19.2 Å². The summed E-state index contributed by atoms with van der Waals surface area (Å²) < 4.78 is 0. The SMILES string of the molecule is CNC(=O)CN(CC(=O)[O-])CN(CC(=O)[O-])CN([O-])CCNC=O.[Gd+3]. The van der Waals surface area contributed by atoms with E-state index >= 15 is 0 Å². The van der Waals surface area contributed by atoms with Crippen molar-refractivity contribution in [3.05, 3.63) is 5.21 Å². The summed E-state index contributed by atoms with van der Waals surface area (Å²) in [4.78, 5) is 45.2. The van der Waals surface area contributed by atoms with Gasteiger partial charge in [-0.05, 0) is 0 Å². The Hall–Kier alpha value is -0.955. The van der Waals surface area contributed by atoms with Crippen LogP contribution in [0.25, 0.3) is 0 Å². The molecule has 0 atom stereocenters. The molecule has 13 heteroatoms. The van der Waals surface area contributed by atoms with Gasteiger partial charge in [0.05, 0.1) is 25.2 Å². The van der Waals surface area contributed by atoms with E-state index in [9.17, 15) is 34.6 Å². The first-order valence-electron chi connectivity index (χ1n) is 6.92. The van der Waals surface area contributed by atoms with Gasteiger partial charge in [-0.2, -0.15) is 0 Å². The Bertz CT molecular complexity index is 440. The normalized spacial score (nSPS) is 10.4. The summed E-state index contributed by atoms with van der Waals surface area (Å²) in [5.74, 6) is -3.41. The second-order valence-electron chi connectivity index (χ2n) is 4.79. The number of carboxylic acids is 2. The minimum Gasteiger partial charge on any atom is -0.784 e. The van der Waals surface area contributed by atoms with Crippen molar-refractivity contribution in [2.45, 2.75) is 0 Å². The van der Waals surface area contributed by atoms with Gasteiger partial charge in [-0.15, -0.1) is 0 Å². The summed E-state index contributed by atoms with van der Waals surface area (Å²) in [6.07, 6.45) is 0.414. The van der Waals surface area contributed by atoms with Gasteiger partial charge >= 0.3 is 39.9 Å².